The second-order valence-electron chi connectivity index (χ2n) is 5.33. The van der Waals surface area contributed by atoms with Gasteiger partial charge in [-0.25, -0.2) is 0 Å². The zero-order valence-corrected chi connectivity index (χ0v) is 11.6. The van der Waals surface area contributed by atoms with Crippen LogP contribution in [-0.4, -0.2) is 24.4 Å². The summed E-state index contributed by atoms with van der Waals surface area (Å²) in [4.78, 5) is 25.9. The van der Waals surface area contributed by atoms with Crippen LogP contribution in [0.25, 0.3) is 0 Å². The predicted molar refractivity (Wildman–Crippen MR) is 74.9 cm³/mol. The molecule has 2 amide bonds. The summed E-state index contributed by atoms with van der Waals surface area (Å²) in [5.74, 6) is -0.791. The van der Waals surface area contributed by atoms with Crippen LogP contribution in [-0.2, 0) is 9.59 Å². The third-order valence-electron chi connectivity index (χ3n) is 3.30. The van der Waals surface area contributed by atoms with E-state index < -0.39 is 5.92 Å². The molecule has 1 N–H and O–H groups in total. The first kappa shape index (κ1) is 13.6. The minimum Gasteiger partial charge on any atom is -0.353 e. The van der Waals surface area contributed by atoms with E-state index >= 15 is 0 Å². The van der Waals surface area contributed by atoms with Crippen molar-refractivity contribution in [2.75, 3.05) is 11.4 Å². The van der Waals surface area contributed by atoms with Crippen molar-refractivity contribution in [2.24, 2.45) is 5.92 Å². The Morgan fingerprint density at radius 2 is 1.95 bits per heavy atom. The Kier molecular flexibility index (Phi) is 3.88. The number of amides is 2. The molecule has 4 heteroatoms. The van der Waals surface area contributed by atoms with E-state index in [1.54, 1.807) is 4.90 Å². The highest BCUT2D eigenvalue weighted by molar-refractivity contribution is 6.09. The van der Waals surface area contributed by atoms with E-state index in [1.807, 2.05) is 45.0 Å². The maximum Gasteiger partial charge on any atom is 0.239 e. The van der Waals surface area contributed by atoms with Crippen LogP contribution in [0.15, 0.2) is 24.3 Å². The maximum absolute atomic E-state index is 12.3. The average molecular weight is 260 g/mol. The summed E-state index contributed by atoms with van der Waals surface area (Å²) in [6, 6.07) is 7.87. The monoisotopic (exact) mass is 260 g/mol. The molecule has 1 aromatic carbocycles. The van der Waals surface area contributed by atoms with Gasteiger partial charge in [-0.2, -0.15) is 0 Å². The fourth-order valence-corrected chi connectivity index (χ4v) is 2.29. The molecule has 2 rings (SSSR count). The Labute approximate surface area is 113 Å². The van der Waals surface area contributed by atoms with E-state index in [0.29, 0.717) is 13.0 Å². The zero-order valence-electron chi connectivity index (χ0n) is 11.6. The Morgan fingerprint density at radius 3 is 2.53 bits per heavy atom. The minimum atomic E-state index is -0.538. The van der Waals surface area contributed by atoms with E-state index in [1.165, 1.54) is 0 Å². The molecule has 19 heavy (non-hydrogen) atoms. The lowest BCUT2D eigenvalue weighted by Gasteiger charge is -2.17. The number of carbonyl (C=O) groups excluding carboxylic acids is 2. The number of carbonyl (C=O) groups is 2. The normalized spacial score (nSPS) is 19.1. The van der Waals surface area contributed by atoms with Gasteiger partial charge in [0.05, 0.1) is 0 Å². The molecule has 1 heterocycles. The minimum absolute atomic E-state index is 0.0636. The molecule has 1 aliphatic heterocycles. The fraction of sp³-hybridized carbons (Fsp3) is 0.467. The van der Waals surface area contributed by atoms with Gasteiger partial charge in [-0.3, -0.25) is 9.59 Å². The van der Waals surface area contributed by atoms with Crippen molar-refractivity contribution in [2.45, 2.75) is 33.2 Å². The summed E-state index contributed by atoms with van der Waals surface area (Å²) in [5.41, 5.74) is 2.03. The van der Waals surface area contributed by atoms with Crippen molar-refractivity contribution < 1.29 is 9.59 Å². The number of hydrogen-bond donors (Lipinski definition) is 1. The van der Waals surface area contributed by atoms with Crippen LogP contribution in [0, 0.1) is 12.8 Å². The summed E-state index contributed by atoms with van der Waals surface area (Å²) < 4.78 is 0. The number of benzene rings is 1. The van der Waals surface area contributed by atoms with E-state index in [4.69, 9.17) is 0 Å². The van der Waals surface area contributed by atoms with Gasteiger partial charge in [0.1, 0.15) is 5.92 Å². The topological polar surface area (TPSA) is 49.4 Å². The van der Waals surface area contributed by atoms with Crippen LogP contribution in [0.3, 0.4) is 0 Å². The molecule has 0 saturated carbocycles. The molecule has 0 unspecified atom stereocenters. The summed E-state index contributed by atoms with van der Waals surface area (Å²) in [6.45, 7) is 6.41. The molecular weight excluding hydrogens is 240 g/mol. The predicted octanol–water partition coefficient (Wildman–Crippen LogP) is 1.87. The molecule has 1 aliphatic rings. The number of anilines is 1. The quantitative estimate of drug-likeness (QED) is 0.843. The summed E-state index contributed by atoms with van der Waals surface area (Å²) in [6.07, 6.45) is 0.589. The maximum atomic E-state index is 12.3. The summed E-state index contributed by atoms with van der Waals surface area (Å²) in [5, 5.41) is 2.81. The van der Waals surface area contributed by atoms with Crippen LogP contribution in [0.2, 0.25) is 0 Å². The Balaban J connectivity index is 2.09. The zero-order chi connectivity index (χ0) is 14.0. The van der Waals surface area contributed by atoms with Crippen molar-refractivity contribution in [1.29, 1.82) is 0 Å². The molecule has 1 aromatic rings. The second kappa shape index (κ2) is 5.43. The van der Waals surface area contributed by atoms with Gasteiger partial charge in [0.2, 0.25) is 11.8 Å². The molecule has 0 spiro atoms. The van der Waals surface area contributed by atoms with E-state index in [0.717, 1.165) is 11.3 Å². The van der Waals surface area contributed by atoms with Crippen LogP contribution in [0.5, 0.6) is 0 Å². The molecule has 0 aliphatic carbocycles. The van der Waals surface area contributed by atoms with Crippen molar-refractivity contribution in [3.63, 3.8) is 0 Å². The first-order chi connectivity index (χ1) is 8.99. The van der Waals surface area contributed by atoms with Gasteiger partial charge in [0.25, 0.3) is 0 Å². The van der Waals surface area contributed by atoms with Gasteiger partial charge in [0, 0.05) is 18.3 Å². The largest absolute Gasteiger partial charge is 0.353 e. The summed E-state index contributed by atoms with van der Waals surface area (Å²) >= 11 is 0. The van der Waals surface area contributed by atoms with Crippen LogP contribution in [0.4, 0.5) is 5.69 Å². The van der Waals surface area contributed by atoms with Crippen molar-refractivity contribution in [1.82, 2.24) is 5.32 Å². The van der Waals surface area contributed by atoms with Gasteiger partial charge in [-0.1, -0.05) is 17.7 Å². The van der Waals surface area contributed by atoms with E-state index in [9.17, 15) is 9.59 Å². The number of aryl methyl sites for hydroxylation is 1. The van der Waals surface area contributed by atoms with Gasteiger partial charge >= 0.3 is 0 Å². The molecule has 4 nitrogen and oxygen atoms in total. The number of nitrogens with one attached hydrogen (secondary N) is 1. The third kappa shape index (κ3) is 2.95. The molecule has 1 fully saturated rings. The smallest absolute Gasteiger partial charge is 0.239 e. The molecular formula is C15H20N2O2. The molecule has 0 aromatic heterocycles. The molecule has 102 valence electrons. The second-order valence-corrected chi connectivity index (χ2v) is 5.33. The van der Waals surface area contributed by atoms with Gasteiger partial charge in [0.15, 0.2) is 0 Å². The first-order valence-electron chi connectivity index (χ1n) is 6.67. The SMILES string of the molecule is Cc1ccc(N2CC[C@H](C(=O)NC(C)C)C2=O)cc1. The molecule has 0 bridgehead atoms. The highest BCUT2D eigenvalue weighted by Gasteiger charge is 2.37. The fourth-order valence-electron chi connectivity index (χ4n) is 2.29. The molecule has 1 atom stereocenters. The van der Waals surface area contributed by atoms with Gasteiger partial charge < -0.3 is 10.2 Å². The standard InChI is InChI=1S/C15H20N2O2/c1-10(2)16-14(18)13-8-9-17(15(13)19)12-6-4-11(3)5-7-12/h4-7,10,13H,8-9H2,1-3H3,(H,16,18)/t13-/m1/s1. The number of nitrogens with zero attached hydrogens (tertiary/aromatic N) is 1. The third-order valence-corrected chi connectivity index (χ3v) is 3.30. The number of hydrogen-bond acceptors (Lipinski definition) is 2. The number of rotatable bonds is 3. The Hall–Kier alpha value is -1.84. The van der Waals surface area contributed by atoms with Crippen molar-refractivity contribution >= 4 is 17.5 Å². The highest BCUT2D eigenvalue weighted by atomic mass is 16.2. The lowest BCUT2D eigenvalue weighted by molar-refractivity contribution is -0.132. The van der Waals surface area contributed by atoms with Gasteiger partial charge in [-0.15, -0.1) is 0 Å². The van der Waals surface area contributed by atoms with E-state index in [2.05, 4.69) is 5.32 Å². The lowest BCUT2D eigenvalue weighted by atomic mass is 10.1. The summed E-state index contributed by atoms with van der Waals surface area (Å²) in [7, 11) is 0. The van der Waals surface area contributed by atoms with Crippen molar-refractivity contribution in [3.8, 4) is 0 Å². The van der Waals surface area contributed by atoms with Crippen LogP contribution >= 0.6 is 0 Å². The van der Waals surface area contributed by atoms with Crippen molar-refractivity contribution in [3.05, 3.63) is 29.8 Å². The Morgan fingerprint density at radius 1 is 1.32 bits per heavy atom. The van der Waals surface area contributed by atoms with E-state index in [-0.39, 0.29) is 17.9 Å². The van der Waals surface area contributed by atoms with Gasteiger partial charge in [-0.05, 0) is 39.3 Å². The molecule has 0 radical (unpaired) electrons. The first-order valence-corrected chi connectivity index (χ1v) is 6.67. The van der Waals surface area contributed by atoms with Crippen LogP contribution < -0.4 is 10.2 Å². The highest BCUT2D eigenvalue weighted by Crippen LogP contribution is 2.25. The average Bonchev–Trinajstić information content (AvgIpc) is 2.71. The Bertz CT molecular complexity index is 479. The molecule has 1 saturated heterocycles. The lowest BCUT2D eigenvalue weighted by Crippen LogP contribution is -2.39. The van der Waals surface area contributed by atoms with Crippen LogP contribution in [0.1, 0.15) is 25.8 Å².